The van der Waals surface area contributed by atoms with E-state index in [4.69, 9.17) is 5.26 Å². The summed E-state index contributed by atoms with van der Waals surface area (Å²) in [7, 11) is 0. The average molecular weight is 294 g/mol. The van der Waals surface area contributed by atoms with Crippen LogP contribution < -0.4 is 0 Å². The first kappa shape index (κ1) is 14.5. The third-order valence-corrected chi connectivity index (χ3v) is 7.70. The molecular weight excluding hydrogens is 264 g/mol. The maximum Gasteiger partial charge on any atom is 0.191 e. The van der Waals surface area contributed by atoms with Gasteiger partial charge in [-0.25, -0.2) is 10.1 Å². The van der Waals surface area contributed by atoms with Crippen molar-refractivity contribution in [2.75, 3.05) is 0 Å². The molecule has 3 unspecified atom stereocenters. The number of fused-ring (bicyclic) bond motifs is 5. The summed E-state index contributed by atoms with van der Waals surface area (Å²) in [5.74, 6) is 5.91. The van der Waals surface area contributed by atoms with E-state index in [1.807, 2.05) is 0 Å². The maximum absolute atomic E-state index is 9.76. The van der Waals surface area contributed by atoms with Crippen molar-refractivity contribution in [3.63, 3.8) is 0 Å². The second-order valence-electron chi connectivity index (χ2n) is 8.33. The molecule has 8 atom stereocenters. The normalized spacial score (nSPS) is 50.9. The molecule has 0 spiro atoms. The monoisotopic (exact) mass is 294 g/mol. The van der Waals surface area contributed by atoms with Crippen molar-refractivity contribution in [1.82, 2.24) is 0 Å². The zero-order chi connectivity index (χ0) is 14.4. The van der Waals surface area contributed by atoms with Crippen LogP contribution in [0, 0.1) is 41.4 Å². The first-order valence-electron chi connectivity index (χ1n) is 9.26. The molecule has 3 heteroatoms. The van der Waals surface area contributed by atoms with Crippen LogP contribution >= 0.6 is 0 Å². The average Bonchev–Trinajstić information content (AvgIpc) is 3.02. The predicted octanol–water partition coefficient (Wildman–Crippen LogP) is 4.06. The summed E-state index contributed by atoms with van der Waals surface area (Å²) >= 11 is 0. The highest BCUT2D eigenvalue weighted by Gasteiger charge is 2.49. The summed E-state index contributed by atoms with van der Waals surface area (Å²) in [6.45, 7) is 0. The van der Waals surface area contributed by atoms with E-state index in [9.17, 15) is 5.11 Å². The molecule has 0 saturated heterocycles. The van der Waals surface area contributed by atoms with Crippen LogP contribution in [0.15, 0.2) is 0 Å². The van der Waals surface area contributed by atoms with Gasteiger partial charge in [0.2, 0.25) is 0 Å². The second kappa shape index (κ2) is 5.82. The Bertz CT molecular complexity index is 371. The maximum atomic E-state index is 9.76. The number of hydrogen-bond donors (Lipinski definition) is 2. The fraction of sp³-hybridized carbons (Fsp3) is 1.00. The van der Waals surface area contributed by atoms with Crippen LogP contribution in [0.25, 0.3) is 0 Å². The third-order valence-electron chi connectivity index (χ3n) is 7.70. The second-order valence-corrected chi connectivity index (χ2v) is 8.33. The Labute approximate surface area is 128 Å². The van der Waals surface area contributed by atoms with Crippen LogP contribution in [0.4, 0.5) is 0 Å². The van der Waals surface area contributed by atoms with Gasteiger partial charge < -0.3 is 5.11 Å². The number of aliphatic hydroxyl groups is 1. The Morgan fingerprint density at radius 3 is 2.14 bits per heavy atom. The van der Waals surface area contributed by atoms with Crippen LogP contribution in [0.5, 0.6) is 0 Å². The Kier molecular flexibility index (Phi) is 4.01. The molecule has 21 heavy (non-hydrogen) atoms. The van der Waals surface area contributed by atoms with E-state index >= 15 is 0 Å². The molecule has 2 N–H and O–H groups in total. The highest BCUT2D eigenvalue weighted by atomic mass is 17.1. The van der Waals surface area contributed by atoms with Crippen molar-refractivity contribution in [2.24, 2.45) is 41.4 Å². The van der Waals surface area contributed by atoms with Crippen LogP contribution in [0.2, 0.25) is 0 Å². The molecule has 4 saturated carbocycles. The van der Waals surface area contributed by atoms with E-state index in [0.29, 0.717) is 0 Å². The fourth-order valence-electron chi connectivity index (χ4n) is 6.86. The minimum absolute atomic E-state index is 0.149. The molecule has 4 aliphatic carbocycles. The molecule has 3 nitrogen and oxygen atoms in total. The highest BCUT2D eigenvalue weighted by Crippen LogP contribution is 2.58. The van der Waals surface area contributed by atoms with Gasteiger partial charge in [-0.1, -0.05) is 12.8 Å². The van der Waals surface area contributed by atoms with Crippen LogP contribution in [0.1, 0.15) is 64.2 Å². The Morgan fingerprint density at radius 1 is 0.714 bits per heavy atom. The molecule has 0 bridgehead atoms. The van der Waals surface area contributed by atoms with Gasteiger partial charge in [-0.2, -0.15) is 0 Å². The van der Waals surface area contributed by atoms with Gasteiger partial charge in [-0.15, -0.1) is 0 Å². The van der Waals surface area contributed by atoms with Gasteiger partial charge in [-0.05, 0) is 86.9 Å². The summed E-state index contributed by atoms with van der Waals surface area (Å²) in [4.78, 5) is 4.19. The van der Waals surface area contributed by atoms with Crippen molar-refractivity contribution in [1.29, 1.82) is 0 Å². The summed E-state index contributed by atoms with van der Waals surface area (Å²) in [6, 6.07) is 0. The van der Waals surface area contributed by atoms with Crippen LogP contribution in [-0.4, -0.2) is 16.7 Å². The minimum atomic E-state index is -0.964. The number of aliphatic hydroxyl groups excluding tert-OH is 1. The SMILES string of the molecule is OOC(O)C1CC[C@H]2C(CC[C@H]3[C@@H]4CCC[C@H]4CC[C@@H]32)C1. The quantitative estimate of drug-likeness (QED) is 0.458. The minimum Gasteiger partial charge on any atom is -0.365 e. The molecule has 0 aromatic heterocycles. The predicted molar refractivity (Wildman–Crippen MR) is 80.3 cm³/mol. The van der Waals surface area contributed by atoms with Crippen molar-refractivity contribution in [3.8, 4) is 0 Å². The molecule has 4 aliphatic rings. The lowest BCUT2D eigenvalue weighted by Crippen LogP contribution is -2.45. The summed E-state index contributed by atoms with van der Waals surface area (Å²) < 4.78 is 0. The number of hydrogen-bond acceptors (Lipinski definition) is 3. The Balaban J connectivity index is 1.45. The molecule has 0 aromatic carbocycles. The summed E-state index contributed by atoms with van der Waals surface area (Å²) in [5, 5.41) is 18.5. The largest absolute Gasteiger partial charge is 0.365 e. The van der Waals surface area contributed by atoms with E-state index in [0.717, 1.165) is 48.3 Å². The van der Waals surface area contributed by atoms with Crippen molar-refractivity contribution in [3.05, 3.63) is 0 Å². The summed E-state index contributed by atoms with van der Waals surface area (Å²) in [5.41, 5.74) is 0. The standard InChI is InChI=1S/C18H30O3/c19-18(21-20)13-6-7-15-12(10-13)5-9-16-14-3-1-2-11(14)4-8-17(15)16/h11-20H,1-10H2/t11-,12?,13?,14+,15-,16-,17+,18?/m0/s1. The topological polar surface area (TPSA) is 49.7 Å². The first-order valence-corrected chi connectivity index (χ1v) is 9.26. The van der Waals surface area contributed by atoms with Gasteiger partial charge >= 0.3 is 0 Å². The Hall–Kier alpha value is -0.120. The smallest absolute Gasteiger partial charge is 0.191 e. The van der Waals surface area contributed by atoms with Gasteiger partial charge in [0.25, 0.3) is 0 Å². The molecule has 4 fully saturated rings. The molecule has 120 valence electrons. The lowest BCUT2D eigenvalue weighted by Gasteiger charge is -2.53. The van der Waals surface area contributed by atoms with E-state index in [1.165, 1.54) is 51.4 Å². The van der Waals surface area contributed by atoms with Gasteiger partial charge in [0.1, 0.15) is 0 Å². The van der Waals surface area contributed by atoms with Crippen LogP contribution in [-0.2, 0) is 4.89 Å². The molecule has 0 heterocycles. The molecule has 0 aliphatic heterocycles. The fourth-order valence-corrected chi connectivity index (χ4v) is 6.86. The van der Waals surface area contributed by atoms with Gasteiger partial charge in [-0.3, -0.25) is 0 Å². The zero-order valence-electron chi connectivity index (χ0n) is 13.0. The van der Waals surface area contributed by atoms with Crippen molar-refractivity contribution in [2.45, 2.75) is 70.5 Å². The lowest BCUT2D eigenvalue weighted by atomic mass is 9.53. The lowest BCUT2D eigenvalue weighted by molar-refractivity contribution is -0.351. The van der Waals surface area contributed by atoms with E-state index in [2.05, 4.69) is 4.89 Å². The van der Waals surface area contributed by atoms with E-state index in [1.54, 1.807) is 0 Å². The Morgan fingerprint density at radius 2 is 1.38 bits per heavy atom. The molecular formula is C18H30O3. The number of rotatable bonds is 2. The highest BCUT2D eigenvalue weighted by molar-refractivity contribution is 4.99. The van der Waals surface area contributed by atoms with Crippen molar-refractivity contribution >= 4 is 0 Å². The van der Waals surface area contributed by atoms with Crippen LogP contribution in [0.3, 0.4) is 0 Å². The molecule has 0 aromatic rings. The third kappa shape index (κ3) is 2.46. The molecule has 0 radical (unpaired) electrons. The van der Waals surface area contributed by atoms with Crippen molar-refractivity contribution < 1.29 is 15.3 Å². The van der Waals surface area contributed by atoms with Gasteiger partial charge in [0.05, 0.1) is 0 Å². The van der Waals surface area contributed by atoms with E-state index in [-0.39, 0.29) is 5.92 Å². The van der Waals surface area contributed by atoms with Gasteiger partial charge in [0.15, 0.2) is 6.29 Å². The van der Waals surface area contributed by atoms with Gasteiger partial charge in [0, 0.05) is 5.92 Å². The summed E-state index contributed by atoms with van der Waals surface area (Å²) in [6.07, 6.45) is 12.6. The molecule has 0 amide bonds. The molecule has 4 rings (SSSR count). The first-order chi connectivity index (χ1) is 10.3. The van der Waals surface area contributed by atoms with E-state index < -0.39 is 6.29 Å². The zero-order valence-corrected chi connectivity index (χ0v) is 13.0.